The van der Waals surface area contributed by atoms with Gasteiger partial charge >= 0.3 is 0 Å². The van der Waals surface area contributed by atoms with E-state index in [2.05, 4.69) is 4.98 Å². The molecule has 0 spiro atoms. The third-order valence-electron chi connectivity index (χ3n) is 2.83. The number of Topliss-reactive ketones (excluding diaryl/α,β-unsaturated/α-hetero) is 1. The number of aromatic nitrogens is 2. The van der Waals surface area contributed by atoms with Gasteiger partial charge < -0.3 is 4.57 Å². The van der Waals surface area contributed by atoms with Crippen molar-refractivity contribution in [3.05, 3.63) is 52.8 Å². The lowest BCUT2D eigenvalue weighted by atomic mass is 10.1. The zero-order valence-corrected chi connectivity index (χ0v) is 11.3. The van der Waals surface area contributed by atoms with E-state index in [-0.39, 0.29) is 22.8 Å². The Balaban J connectivity index is 2.24. The van der Waals surface area contributed by atoms with Gasteiger partial charge in [0.15, 0.2) is 5.82 Å². The highest BCUT2D eigenvalue weighted by Crippen LogP contribution is 2.20. The highest BCUT2D eigenvalue weighted by atomic mass is 35.5. The number of nitrogens with zero attached hydrogens (tertiary/aromatic N) is 2. The monoisotopic (exact) mass is 280 g/mol. The highest BCUT2D eigenvalue weighted by molar-refractivity contribution is 6.31. The Morgan fingerprint density at radius 3 is 2.95 bits per heavy atom. The van der Waals surface area contributed by atoms with Crippen LogP contribution in [0.2, 0.25) is 5.02 Å². The van der Waals surface area contributed by atoms with Crippen molar-refractivity contribution in [1.29, 1.82) is 0 Å². The molecule has 1 aromatic heterocycles. The second kappa shape index (κ2) is 5.97. The molecule has 19 heavy (non-hydrogen) atoms. The summed E-state index contributed by atoms with van der Waals surface area (Å²) in [4.78, 5) is 16.2. The van der Waals surface area contributed by atoms with E-state index in [1.54, 1.807) is 23.0 Å². The van der Waals surface area contributed by atoms with Crippen LogP contribution in [0.3, 0.4) is 0 Å². The van der Waals surface area contributed by atoms with Gasteiger partial charge in [0.25, 0.3) is 0 Å². The van der Waals surface area contributed by atoms with Crippen molar-refractivity contribution in [2.24, 2.45) is 0 Å². The lowest BCUT2D eigenvalue weighted by Gasteiger charge is -2.07. The van der Waals surface area contributed by atoms with Crippen LogP contribution in [0, 0.1) is 5.82 Å². The van der Waals surface area contributed by atoms with Crippen molar-refractivity contribution in [3.8, 4) is 0 Å². The maximum absolute atomic E-state index is 13.6. The van der Waals surface area contributed by atoms with Gasteiger partial charge in [-0.3, -0.25) is 4.79 Å². The van der Waals surface area contributed by atoms with Gasteiger partial charge in [-0.05, 0) is 18.6 Å². The molecule has 0 saturated heterocycles. The lowest BCUT2D eigenvalue weighted by Crippen LogP contribution is -2.13. The minimum absolute atomic E-state index is 0.0771. The minimum atomic E-state index is -0.463. The molecule has 0 aliphatic carbocycles. The van der Waals surface area contributed by atoms with Gasteiger partial charge in [0.05, 0.1) is 0 Å². The van der Waals surface area contributed by atoms with Gasteiger partial charge in [-0.25, -0.2) is 9.37 Å². The van der Waals surface area contributed by atoms with Gasteiger partial charge in [-0.15, -0.1) is 0 Å². The number of benzene rings is 1. The Labute approximate surface area is 116 Å². The number of rotatable bonds is 5. The topological polar surface area (TPSA) is 34.9 Å². The number of halogens is 2. The quantitative estimate of drug-likeness (QED) is 0.786. The zero-order valence-electron chi connectivity index (χ0n) is 10.6. The van der Waals surface area contributed by atoms with E-state index in [9.17, 15) is 9.18 Å². The highest BCUT2D eigenvalue weighted by Gasteiger charge is 2.17. The summed E-state index contributed by atoms with van der Waals surface area (Å²) in [5.74, 6) is -0.346. The fraction of sp³-hybridized carbons (Fsp3) is 0.286. The van der Waals surface area contributed by atoms with Gasteiger partial charge in [-0.2, -0.15) is 0 Å². The van der Waals surface area contributed by atoms with Gasteiger partial charge in [-0.1, -0.05) is 24.6 Å². The van der Waals surface area contributed by atoms with E-state index in [1.165, 1.54) is 12.1 Å². The Kier molecular flexibility index (Phi) is 4.32. The van der Waals surface area contributed by atoms with Crippen molar-refractivity contribution < 1.29 is 9.18 Å². The molecule has 100 valence electrons. The summed E-state index contributed by atoms with van der Waals surface area (Å²) in [6.07, 6.45) is 4.15. The van der Waals surface area contributed by atoms with E-state index in [0.29, 0.717) is 12.4 Å². The van der Waals surface area contributed by atoms with E-state index in [4.69, 9.17) is 11.6 Å². The maximum atomic E-state index is 13.6. The van der Waals surface area contributed by atoms with Crippen LogP contribution in [0.15, 0.2) is 30.6 Å². The summed E-state index contributed by atoms with van der Waals surface area (Å²) in [6.45, 7) is 2.73. The number of imidazole rings is 1. The summed E-state index contributed by atoms with van der Waals surface area (Å²) >= 11 is 5.92. The Bertz CT molecular complexity index is 575. The van der Waals surface area contributed by atoms with Crippen LogP contribution in [0.25, 0.3) is 0 Å². The number of carbonyl (C=O) groups excluding carboxylic acids is 1. The van der Waals surface area contributed by atoms with Gasteiger partial charge in [0.2, 0.25) is 5.78 Å². The molecule has 0 unspecified atom stereocenters. The molecule has 1 aromatic carbocycles. The first-order valence-corrected chi connectivity index (χ1v) is 6.48. The summed E-state index contributed by atoms with van der Waals surface area (Å²) in [5.41, 5.74) is 0.222. The molecule has 0 radical (unpaired) electrons. The van der Waals surface area contributed by atoms with E-state index < -0.39 is 5.82 Å². The van der Waals surface area contributed by atoms with Crippen molar-refractivity contribution in [2.75, 3.05) is 0 Å². The standard InChI is InChI=1S/C14H14ClFN2O/c1-2-7-18-8-6-17-14(18)13(19)9-10-11(15)4-3-5-12(10)16/h3-6,8H,2,7,9H2,1H3. The molecule has 0 amide bonds. The zero-order chi connectivity index (χ0) is 13.8. The van der Waals surface area contributed by atoms with Crippen LogP contribution >= 0.6 is 11.6 Å². The molecule has 0 fully saturated rings. The lowest BCUT2D eigenvalue weighted by molar-refractivity contribution is 0.0977. The van der Waals surface area contributed by atoms with Crippen LogP contribution in [0.5, 0.6) is 0 Å². The first kappa shape index (κ1) is 13.7. The van der Waals surface area contributed by atoms with Crippen LogP contribution in [-0.4, -0.2) is 15.3 Å². The molecular weight excluding hydrogens is 267 g/mol. The molecule has 2 rings (SSSR count). The largest absolute Gasteiger partial charge is 0.329 e. The van der Waals surface area contributed by atoms with Crippen LogP contribution in [0.4, 0.5) is 4.39 Å². The van der Waals surface area contributed by atoms with Crippen molar-refractivity contribution in [3.63, 3.8) is 0 Å². The second-order valence-corrected chi connectivity index (χ2v) is 4.65. The predicted octanol–water partition coefficient (Wildman–Crippen LogP) is 3.51. The van der Waals surface area contributed by atoms with Crippen LogP contribution < -0.4 is 0 Å². The van der Waals surface area contributed by atoms with Gasteiger partial charge in [0, 0.05) is 35.9 Å². The normalized spacial score (nSPS) is 10.7. The molecular formula is C14H14ClFN2O. The molecule has 5 heteroatoms. The minimum Gasteiger partial charge on any atom is -0.329 e. The predicted molar refractivity (Wildman–Crippen MR) is 72.0 cm³/mol. The van der Waals surface area contributed by atoms with Crippen molar-refractivity contribution in [1.82, 2.24) is 9.55 Å². The summed E-state index contributed by atoms with van der Waals surface area (Å²) in [6, 6.07) is 4.39. The molecule has 0 bridgehead atoms. The maximum Gasteiger partial charge on any atom is 0.202 e. The van der Waals surface area contributed by atoms with E-state index in [0.717, 1.165) is 6.42 Å². The molecule has 0 atom stereocenters. The molecule has 2 aromatic rings. The number of hydrogen-bond donors (Lipinski definition) is 0. The van der Waals surface area contributed by atoms with E-state index in [1.807, 2.05) is 6.92 Å². The number of aryl methyl sites for hydroxylation is 1. The number of hydrogen-bond acceptors (Lipinski definition) is 2. The summed E-state index contributed by atoms with van der Waals surface area (Å²) in [7, 11) is 0. The molecule has 0 saturated carbocycles. The Hall–Kier alpha value is -1.68. The van der Waals surface area contributed by atoms with Crippen LogP contribution in [0.1, 0.15) is 29.5 Å². The first-order chi connectivity index (χ1) is 9.13. The first-order valence-electron chi connectivity index (χ1n) is 6.10. The molecule has 1 heterocycles. The smallest absolute Gasteiger partial charge is 0.202 e. The molecule has 3 nitrogen and oxygen atoms in total. The Morgan fingerprint density at radius 2 is 2.26 bits per heavy atom. The average molecular weight is 281 g/mol. The Morgan fingerprint density at radius 1 is 1.47 bits per heavy atom. The van der Waals surface area contributed by atoms with Crippen LogP contribution in [-0.2, 0) is 13.0 Å². The van der Waals surface area contributed by atoms with E-state index >= 15 is 0 Å². The molecule has 0 aliphatic heterocycles. The average Bonchev–Trinajstić information content (AvgIpc) is 2.83. The summed E-state index contributed by atoms with van der Waals surface area (Å²) in [5, 5.41) is 0.266. The van der Waals surface area contributed by atoms with Crippen molar-refractivity contribution in [2.45, 2.75) is 26.3 Å². The molecule has 0 aliphatic rings. The van der Waals surface area contributed by atoms with Crippen molar-refractivity contribution >= 4 is 17.4 Å². The number of ketones is 1. The molecule has 0 N–H and O–H groups in total. The SMILES string of the molecule is CCCn1ccnc1C(=O)Cc1c(F)cccc1Cl. The third kappa shape index (κ3) is 3.01. The second-order valence-electron chi connectivity index (χ2n) is 4.24. The van der Waals surface area contributed by atoms with Gasteiger partial charge in [0.1, 0.15) is 5.82 Å². The summed E-state index contributed by atoms with van der Waals surface area (Å²) < 4.78 is 15.4. The third-order valence-corrected chi connectivity index (χ3v) is 3.18. The fourth-order valence-electron chi connectivity index (χ4n) is 1.92. The number of carbonyl (C=O) groups is 1. The fourth-order valence-corrected chi connectivity index (χ4v) is 2.15.